The number of ether oxygens (including phenoxy) is 31. The van der Waals surface area contributed by atoms with Gasteiger partial charge in [-0.2, -0.15) is 0 Å². The Labute approximate surface area is 786 Å². The summed E-state index contributed by atoms with van der Waals surface area (Å²) in [6.45, 7) is 11.1. The van der Waals surface area contributed by atoms with Gasteiger partial charge in [0.05, 0.1) is 0 Å². The Morgan fingerprint density at radius 2 is 0.321 bits per heavy atom. The van der Waals surface area contributed by atoms with Crippen molar-refractivity contribution < 1.29 is 243 Å². The zero-order valence-electron chi connectivity index (χ0n) is 79.4. The minimum Gasteiger partial charge on any atom is -0.463 e. The molecule has 6 rings (SSSR count). The van der Waals surface area contributed by atoms with Crippen LogP contribution in [-0.2, 0) is 238 Å². The van der Waals surface area contributed by atoms with Gasteiger partial charge in [0.15, 0.2) is 117 Å². The number of carbonyl (C=O) groups is 19. The third-order valence-electron chi connectivity index (χ3n) is 20.5. The molecule has 0 aromatic carbocycles. The van der Waals surface area contributed by atoms with Crippen LogP contribution in [0.2, 0.25) is 0 Å². The molecule has 774 valence electrons. The fourth-order valence-electron chi connectivity index (χ4n) is 15.6. The molecule has 6 fully saturated rings. The lowest BCUT2D eigenvalue weighted by atomic mass is 9.94. The van der Waals surface area contributed by atoms with Gasteiger partial charge in [-0.3, -0.25) is 91.1 Å². The normalized spacial score (nSPS) is 31.1. The van der Waals surface area contributed by atoms with Crippen LogP contribution in [0.1, 0.15) is 196 Å². The van der Waals surface area contributed by atoms with Gasteiger partial charge in [-0.25, -0.2) is 0 Å². The van der Waals surface area contributed by atoms with Crippen molar-refractivity contribution in [2.75, 3.05) is 52.9 Å². The Kier molecular flexibility index (Phi) is 47.5. The van der Waals surface area contributed by atoms with Crippen molar-refractivity contribution in [1.82, 2.24) is 0 Å². The second-order valence-corrected chi connectivity index (χ2v) is 32.2. The molecule has 1 N–H and O–H groups in total. The molecule has 6 aliphatic heterocycles. The summed E-state index contributed by atoms with van der Waals surface area (Å²) in [5, 5.41) is 9.17. The maximum Gasteiger partial charge on any atom is 0.303 e. The molecule has 0 radical (unpaired) electrons. The second kappa shape index (κ2) is 56.5. The fraction of sp³-hybridized carbons (Fsp3) is 0.779. The van der Waals surface area contributed by atoms with E-state index in [-0.39, 0.29) is 13.2 Å². The van der Waals surface area contributed by atoms with Crippen LogP contribution in [0.15, 0.2) is 0 Å². The van der Waals surface area contributed by atoms with E-state index in [1.807, 2.05) is 0 Å². The van der Waals surface area contributed by atoms with E-state index in [0.29, 0.717) is 19.3 Å². The largest absolute Gasteiger partial charge is 0.463 e. The smallest absolute Gasteiger partial charge is 0.303 e. The van der Waals surface area contributed by atoms with Gasteiger partial charge in [0, 0.05) is 145 Å². The van der Waals surface area contributed by atoms with Crippen molar-refractivity contribution in [3.05, 3.63) is 0 Å². The SMILES string of the molecule is CC(=O)OC[C@H]1O[C@@H](O[C@@H]2[C@@H](OC(C)=O)[C@H](O[C@@H]3[C@@H](OC(C)=O)[C@H](O[C@@H]4[C@@H](OC(C)=O)[C@H](O[C@@H]5[C@@H](OC(C)=O)[C@H](O[C@H]6[C@H](OC(C)=O)[C@@H](COC(C)=O)OC(OCCCCCCCCCCCCO)[C@@H]6OC(C)=O)O[C@H](COC(C)=O)[C@H]5OC(C)=O)O[C@H](COC(C)=O)[C@H]4OC(C)=O)O[C@H](COC(C)=O)[C@H]3OC(C)=O)O[C@H](COC(C)=O)[C@H]2OC(C)=O)[C@H](OC(C)=O)[C@@H](OC(C)=O)[C@@H]1OC(C)=O. The van der Waals surface area contributed by atoms with E-state index in [1.165, 1.54) is 0 Å². The highest BCUT2D eigenvalue weighted by atomic mass is 16.8. The van der Waals surface area contributed by atoms with Crippen LogP contribution >= 0.6 is 0 Å². The van der Waals surface area contributed by atoms with Crippen molar-refractivity contribution in [1.29, 1.82) is 0 Å². The van der Waals surface area contributed by atoms with Crippen molar-refractivity contribution in [2.45, 2.75) is 380 Å². The Hall–Kier alpha value is -10.6. The summed E-state index contributed by atoms with van der Waals surface area (Å²) in [5.41, 5.74) is 0. The van der Waals surface area contributed by atoms with Crippen LogP contribution in [-0.4, -0.2) is 356 Å². The Morgan fingerprint density at radius 3 is 0.504 bits per heavy atom. The number of aliphatic hydroxyl groups is 1. The predicted molar refractivity (Wildman–Crippen MR) is 438 cm³/mol. The third kappa shape index (κ3) is 37.6. The van der Waals surface area contributed by atoms with Gasteiger partial charge in [0.1, 0.15) is 107 Å². The van der Waals surface area contributed by atoms with Gasteiger partial charge < -0.3 is 152 Å². The molecule has 6 saturated heterocycles. The number of aliphatic hydroxyl groups excluding tert-OH is 1. The molecule has 51 nitrogen and oxygen atoms in total. The molecular weight excluding hydrogens is 1850 g/mol. The highest BCUT2D eigenvalue weighted by Gasteiger charge is 2.65. The molecule has 137 heavy (non-hydrogen) atoms. The molecule has 6 heterocycles. The highest BCUT2D eigenvalue weighted by Crippen LogP contribution is 2.44. The molecule has 51 heteroatoms. The molecule has 0 aliphatic carbocycles. The molecule has 0 saturated carbocycles. The molecule has 0 bridgehead atoms. The van der Waals surface area contributed by atoms with Gasteiger partial charge >= 0.3 is 113 Å². The first-order chi connectivity index (χ1) is 64.5. The van der Waals surface area contributed by atoms with Crippen molar-refractivity contribution >= 4 is 113 Å². The zero-order chi connectivity index (χ0) is 102. The number of carbonyl (C=O) groups excluding carboxylic acids is 19. The highest BCUT2D eigenvalue weighted by molar-refractivity contribution is 5.73. The van der Waals surface area contributed by atoms with E-state index in [9.17, 15) is 96.2 Å². The standard InChI is InChI=1S/C86H124O51/c1-38(88)108-32-57-64(115-45(8)95)70(75(121-51(14)101)81(127-57)107-31-29-27-25-23-21-20-22-24-26-28-30-87)133-83-77(123-53(16)103)72(66(117-47(10)97)59(129-83)34-110-40(3)90)135-85-79(125-55(18)105)74(68(119-49(12)99)61(131-85)36-112-42(5)92)137-86-80(126-56(19)106)73(67(118-48(11)98)62(132-86)37-113-43(6)93)136-84-78(124-54(17)104)71(65(116-46(9)96)60(130-84)35-111-41(4)91)134-82-76(122-52(15)102)69(120-50(13)100)63(114-44(7)94)58(128-82)33-109-39(2)89/h57-87H,20-37H2,1-19H3/t57-,58-,59-,60-,61-,62-,63-,64-,65-,66-,67-,68-,69+,70+,71+,72+,73+,74+,75-,76-,77-,78-,79-,80-,81?,82+,83+,84+,85+,86+/m1/s1. The number of rotatable bonds is 48. The Morgan fingerprint density at radius 1 is 0.175 bits per heavy atom. The van der Waals surface area contributed by atoms with Crippen molar-refractivity contribution in [2.24, 2.45) is 0 Å². The first kappa shape index (κ1) is 115. The molecule has 0 aromatic rings. The number of hydrogen-bond acceptors (Lipinski definition) is 51. The summed E-state index contributed by atoms with van der Waals surface area (Å²) < 4.78 is 188. The van der Waals surface area contributed by atoms with Crippen LogP contribution in [0.4, 0.5) is 0 Å². The zero-order valence-corrected chi connectivity index (χ0v) is 79.4. The maximum atomic E-state index is 14.2. The predicted octanol–water partition coefficient (Wildman–Crippen LogP) is 0.662. The van der Waals surface area contributed by atoms with Crippen LogP contribution in [0.5, 0.6) is 0 Å². The fourth-order valence-corrected chi connectivity index (χ4v) is 15.6. The first-order valence-electron chi connectivity index (χ1n) is 44.0. The molecule has 0 amide bonds. The average molecular weight is 1970 g/mol. The van der Waals surface area contributed by atoms with E-state index in [2.05, 4.69) is 0 Å². The van der Waals surface area contributed by atoms with Crippen LogP contribution < -0.4 is 0 Å². The van der Waals surface area contributed by atoms with Gasteiger partial charge in [-0.1, -0.05) is 51.4 Å². The Bertz CT molecular complexity index is 4090. The van der Waals surface area contributed by atoms with E-state index in [4.69, 9.17) is 147 Å². The monoisotopic (exact) mass is 1970 g/mol. The minimum atomic E-state index is -2.59. The van der Waals surface area contributed by atoms with Gasteiger partial charge in [0.25, 0.3) is 0 Å². The van der Waals surface area contributed by atoms with Crippen LogP contribution in [0, 0.1) is 0 Å². The van der Waals surface area contributed by atoms with Crippen LogP contribution in [0.25, 0.3) is 0 Å². The van der Waals surface area contributed by atoms with E-state index >= 15 is 0 Å². The molecule has 0 spiro atoms. The number of unbranched alkanes of at least 4 members (excludes halogenated alkanes) is 9. The topological polar surface area (TPSA) is 631 Å². The van der Waals surface area contributed by atoms with Gasteiger partial charge in [0.2, 0.25) is 0 Å². The summed E-state index contributed by atoms with van der Waals surface area (Å²) in [7, 11) is 0. The summed E-state index contributed by atoms with van der Waals surface area (Å²) >= 11 is 0. The molecule has 6 aliphatic rings. The number of esters is 19. The number of hydrogen-bond donors (Lipinski definition) is 1. The minimum absolute atomic E-state index is 0.109. The summed E-state index contributed by atoms with van der Waals surface area (Å²) in [4.78, 5) is 255. The van der Waals surface area contributed by atoms with Crippen molar-refractivity contribution in [3.63, 3.8) is 0 Å². The maximum absolute atomic E-state index is 14.2. The van der Waals surface area contributed by atoms with Gasteiger partial charge in [-0.15, -0.1) is 0 Å². The lowest BCUT2D eigenvalue weighted by Gasteiger charge is -2.52. The van der Waals surface area contributed by atoms with E-state index in [1.54, 1.807) is 0 Å². The lowest BCUT2D eigenvalue weighted by Crippen LogP contribution is -2.70. The van der Waals surface area contributed by atoms with E-state index in [0.717, 1.165) is 176 Å². The molecule has 1 unspecified atom stereocenters. The Balaban J connectivity index is 1.65. The van der Waals surface area contributed by atoms with Crippen molar-refractivity contribution in [3.8, 4) is 0 Å². The van der Waals surface area contributed by atoms with Crippen LogP contribution in [0.3, 0.4) is 0 Å². The summed E-state index contributed by atoms with van der Waals surface area (Å²) in [6, 6.07) is 0. The second-order valence-electron chi connectivity index (χ2n) is 32.2. The third-order valence-corrected chi connectivity index (χ3v) is 20.5. The van der Waals surface area contributed by atoms with E-state index < -0.39 is 337 Å². The molecule has 0 aromatic heterocycles. The summed E-state index contributed by atoms with van der Waals surface area (Å²) in [5.74, 6) is -21.8. The molecule has 30 atom stereocenters. The average Bonchev–Trinajstić information content (AvgIpc) is 0.749. The lowest BCUT2D eigenvalue weighted by molar-refractivity contribution is -0.398. The quantitative estimate of drug-likeness (QED) is 0.0497. The first-order valence-corrected chi connectivity index (χ1v) is 44.0. The van der Waals surface area contributed by atoms with Gasteiger partial charge in [-0.05, 0) is 12.8 Å². The molecular formula is C86H124O51. The summed E-state index contributed by atoms with van der Waals surface area (Å²) in [6.07, 6.45) is -57.4.